The maximum absolute atomic E-state index is 3.73. The number of nitrogens with one attached hydrogen (secondary N) is 1. The van der Waals surface area contributed by atoms with E-state index in [1.165, 1.54) is 45.2 Å². The van der Waals surface area contributed by atoms with E-state index in [-0.39, 0.29) is 0 Å². The molecule has 1 heterocycles. The highest BCUT2D eigenvalue weighted by Gasteiger charge is 2.36. The average molecular weight is 252 g/mol. The van der Waals surface area contributed by atoms with Gasteiger partial charge in [0.2, 0.25) is 0 Å². The average Bonchev–Trinajstić information content (AvgIpc) is 2.70. The Hall–Kier alpha value is -0.0800. The second kappa shape index (κ2) is 6.38. The van der Waals surface area contributed by atoms with Crippen LogP contribution in [0.2, 0.25) is 0 Å². The summed E-state index contributed by atoms with van der Waals surface area (Å²) in [6.45, 7) is 12.0. The standard InChI is InChI=1S/C16H32N2/c1-5-14-8-9-16(13(14)4)18-10-6-7-15(11-18)17-12(2)3/h12-17H,5-11H2,1-4H3. The third-order valence-corrected chi connectivity index (χ3v) is 5.20. The van der Waals surface area contributed by atoms with Crippen molar-refractivity contribution in [2.45, 2.75) is 77.9 Å². The second-order valence-corrected chi connectivity index (χ2v) is 6.83. The molecule has 0 aromatic carbocycles. The van der Waals surface area contributed by atoms with Gasteiger partial charge in [-0.1, -0.05) is 34.1 Å². The summed E-state index contributed by atoms with van der Waals surface area (Å²) in [4.78, 5) is 2.80. The molecule has 0 aromatic rings. The molecule has 0 radical (unpaired) electrons. The summed E-state index contributed by atoms with van der Waals surface area (Å²) in [6.07, 6.45) is 7.02. The van der Waals surface area contributed by atoms with E-state index in [9.17, 15) is 0 Å². The molecule has 0 bridgehead atoms. The first-order valence-electron chi connectivity index (χ1n) is 8.12. The fourth-order valence-electron chi connectivity index (χ4n) is 4.23. The lowest BCUT2D eigenvalue weighted by Crippen LogP contribution is -2.51. The maximum atomic E-state index is 3.73. The predicted octanol–water partition coefficient (Wildman–Crippen LogP) is 3.27. The molecular weight excluding hydrogens is 220 g/mol. The Morgan fingerprint density at radius 3 is 2.61 bits per heavy atom. The van der Waals surface area contributed by atoms with E-state index in [1.807, 2.05) is 0 Å². The Labute approximate surface area is 114 Å². The van der Waals surface area contributed by atoms with Gasteiger partial charge in [0.25, 0.3) is 0 Å². The first-order valence-corrected chi connectivity index (χ1v) is 8.12. The van der Waals surface area contributed by atoms with Gasteiger partial charge in [0, 0.05) is 24.7 Å². The van der Waals surface area contributed by atoms with E-state index in [0.29, 0.717) is 6.04 Å². The van der Waals surface area contributed by atoms with Crippen molar-refractivity contribution in [2.75, 3.05) is 13.1 Å². The van der Waals surface area contributed by atoms with E-state index in [0.717, 1.165) is 23.9 Å². The molecular formula is C16H32N2. The maximum Gasteiger partial charge on any atom is 0.0197 e. The molecule has 0 spiro atoms. The third kappa shape index (κ3) is 3.27. The molecule has 106 valence electrons. The molecule has 1 aliphatic heterocycles. The Kier molecular flexibility index (Phi) is 5.08. The molecule has 2 heteroatoms. The molecule has 1 aliphatic carbocycles. The molecule has 0 aromatic heterocycles. The van der Waals surface area contributed by atoms with E-state index in [4.69, 9.17) is 0 Å². The molecule has 2 rings (SSSR count). The summed E-state index contributed by atoms with van der Waals surface area (Å²) >= 11 is 0. The lowest BCUT2D eigenvalue weighted by atomic mass is 9.91. The zero-order valence-corrected chi connectivity index (χ0v) is 12.8. The van der Waals surface area contributed by atoms with Crippen LogP contribution in [0, 0.1) is 11.8 Å². The summed E-state index contributed by atoms with van der Waals surface area (Å²) in [7, 11) is 0. The van der Waals surface area contributed by atoms with Gasteiger partial charge in [0.05, 0.1) is 0 Å². The number of hydrogen-bond donors (Lipinski definition) is 1. The van der Waals surface area contributed by atoms with Crippen molar-refractivity contribution in [1.82, 2.24) is 10.2 Å². The Bertz CT molecular complexity index is 251. The van der Waals surface area contributed by atoms with Crippen molar-refractivity contribution in [1.29, 1.82) is 0 Å². The number of piperidine rings is 1. The van der Waals surface area contributed by atoms with Crippen LogP contribution in [0.1, 0.15) is 59.8 Å². The van der Waals surface area contributed by atoms with Gasteiger partial charge in [-0.2, -0.15) is 0 Å². The van der Waals surface area contributed by atoms with Crippen LogP contribution in [0.15, 0.2) is 0 Å². The zero-order valence-electron chi connectivity index (χ0n) is 12.8. The highest BCUT2D eigenvalue weighted by Crippen LogP contribution is 2.37. The minimum absolute atomic E-state index is 0.624. The molecule has 2 aliphatic rings. The van der Waals surface area contributed by atoms with E-state index >= 15 is 0 Å². The molecule has 2 fully saturated rings. The minimum Gasteiger partial charge on any atom is -0.311 e. The van der Waals surface area contributed by atoms with Crippen LogP contribution in [-0.4, -0.2) is 36.1 Å². The Morgan fingerprint density at radius 2 is 2.00 bits per heavy atom. The van der Waals surface area contributed by atoms with E-state index in [1.54, 1.807) is 0 Å². The van der Waals surface area contributed by atoms with Crippen LogP contribution in [0.5, 0.6) is 0 Å². The largest absolute Gasteiger partial charge is 0.311 e. The van der Waals surface area contributed by atoms with Gasteiger partial charge >= 0.3 is 0 Å². The van der Waals surface area contributed by atoms with Gasteiger partial charge in [0.15, 0.2) is 0 Å². The van der Waals surface area contributed by atoms with Gasteiger partial charge < -0.3 is 5.32 Å². The first-order chi connectivity index (χ1) is 8.61. The normalized spacial score (nSPS) is 38.5. The van der Waals surface area contributed by atoms with E-state index in [2.05, 4.69) is 37.9 Å². The van der Waals surface area contributed by atoms with Crippen molar-refractivity contribution in [3.05, 3.63) is 0 Å². The Morgan fingerprint density at radius 1 is 1.22 bits per heavy atom. The van der Waals surface area contributed by atoms with Gasteiger partial charge in [-0.05, 0) is 44.1 Å². The van der Waals surface area contributed by atoms with Gasteiger partial charge in [0.1, 0.15) is 0 Å². The summed E-state index contributed by atoms with van der Waals surface area (Å²) < 4.78 is 0. The molecule has 18 heavy (non-hydrogen) atoms. The van der Waals surface area contributed by atoms with Crippen LogP contribution in [0.4, 0.5) is 0 Å². The van der Waals surface area contributed by atoms with Crippen molar-refractivity contribution in [3.63, 3.8) is 0 Å². The summed E-state index contributed by atoms with van der Waals surface area (Å²) in [6, 6.07) is 2.22. The number of rotatable bonds is 4. The van der Waals surface area contributed by atoms with Crippen LogP contribution < -0.4 is 5.32 Å². The monoisotopic (exact) mass is 252 g/mol. The predicted molar refractivity (Wildman–Crippen MR) is 78.8 cm³/mol. The van der Waals surface area contributed by atoms with Crippen molar-refractivity contribution >= 4 is 0 Å². The summed E-state index contributed by atoms with van der Waals surface area (Å²) in [5.41, 5.74) is 0. The highest BCUT2D eigenvalue weighted by molar-refractivity contribution is 4.91. The van der Waals surface area contributed by atoms with Crippen LogP contribution in [-0.2, 0) is 0 Å². The Balaban J connectivity index is 1.89. The first kappa shape index (κ1) is 14.3. The van der Waals surface area contributed by atoms with Crippen LogP contribution in [0.3, 0.4) is 0 Å². The molecule has 4 atom stereocenters. The fourth-order valence-corrected chi connectivity index (χ4v) is 4.23. The minimum atomic E-state index is 0.624. The lowest BCUT2D eigenvalue weighted by molar-refractivity contribution is 0.106. The van der Waals surface area contributed by atoms with Gasteiger partial charge in [-0.15, -0.1) is 0 Å². The lowest BCUT2D eigenvalue weighted by Gasteiger charge is -2.40. The second-order valence-electron chi connectivity index (χ2n) is 6.83. The fraction of sp³-hybridized carbons (Fsp3) is 1.00. The van der Waals surface area contributed by atoms with Gasteiger partial charge in [-0.3, -0.25) is 4.90 Å². The number of hydrogen-bond acceptors (Lipinski definition) is 2. The zero-order chi connectivity index (χ0) is 13.1. The third-order valence-electron chi connectivity index (χ3n) is 5.20. The summed E-state index contributed by atoms with van der Waals surface area (Å²) in [5.74, 6) is 1.89. The topological polar surface area (TPSA) is 15.3 Å². The highest BCUT2D eigenvalue weighted by atomic mass is 15.2. The molecule has 4 unspecified atom stereocenters. The van der Waals surface area contributed by atoms with Crippen molar-refractivity contribution in [2.24, 2.45) is 11.8 Å². The van der Waals surface area contributed by atoms with Crippen molar-refractivity contribution < 1.29 is 0 Å². The SMILES string of the molecule is CCC1CCC(N2CCCC(NC(C)C)C2)C1C. The molecule has 1 saturated carbocycles. The van der Waals surface area contributed by atoms with E-state index < -0.39 is 0 Å². The quantitative estimate of drug-likeness (QED) is 0.826. The summed E-state index contributed by atoms with van der Waals surface area (Å²) in [5, 5.41) is 3.73. The van der Waals surface area contributed by atoms with Crippen LogP contribution in [0.25, 0.3) is 0 Å². The molecule has 0 amide bonds. The number of likely N-dealkylation sites (tertiary alicyclic amines) is 1. The molecule has 1 saturated heterocycles. The van der Waals surface area contributed by atoms with Crippen LogP contribution >= 0.6 is 0 Å². The van der Waals surface area contributed by atoms with Crippen molar-refractivity contribution in [3.8, 4) is 0 Å². The van der Waals surface area contributed by atoms with Gasteiger partial charge in [-0.25, -0.2) is 0 Å². The smallest absolute Gasteiger partial charge is 0.0197 e. The molecule has 2 nitrogen and oxygen atoms in total. The number of nitrogens with zero attached hydrogens (tertiary/aromatic N) is 1. The molecule has 1 N–H and O–H groups in total.